The van der Waals surface area contributed by atoms with Crippen molar-refractivity contribution in [3.05, 3.63) is 28.2 Å². The van der Waals surface area contributed by atoms with E-state index in [9.17, 15) is 0 Å². The van der Waals surface area contributed by atoms with Gasteiger partial charge in [0.25, 0.3) is 0 Å². The molecule has 3 N–H and O–H groups in total. The van der Waals surface area contributed by atoms with Crippen LogP contribution in [0.15, 0.2) is 18.2 Å². The fourth-order valence-electron chi connectivity index (χ4n) is 2.28. The predicted octanol–water partition coefficient (Wildman–Crippen LogP) is 3.92. The molecule has 0 aliphatic heterocycles. The molecule has 17 heavy (non-hydrogen) atoms. The Balaban J connectivity index is 1.85. The van der Waals surface area contributed by atoms with Gasteiger partial charge in [0.1, 0.15) is 0 Å². The van der Waals surface area contributed by atoms with Gasteiger partial charge < -0.3 is 11.1 Å². The lowest BCUT2D eigenvalue weighted by molar-refractivity contribution is 0.339. The average Bonchev–Trinajstić information content (AvgIpc) is 2.30. The van der Waals surface area contributed by atoms with Crippen molar-refractivity contribution < 1.29 is 0 Å². The normalized spacial score (nSPS) is 24.6. The second-order valence-electron chi connectivity index (χ2n) is 4.79. The smallest absolute Gasteiger partial charge is 0.0652 e. The lowest BCUT2D eigenvalue weighted by Crippen LogP contribution is -2.29. The fourth-order valence-corrected chi connectivity index (χ4v) is 2.75. The summed E-state index contributed by atoms with van der Waals surface area (Å²) in [6, 6.07) is 5.96. The highest BCUT2D eigenvalue weighted by Gasteiger charge is 2.18. The lowest BCUT2D eigenvalue weighted by atomic mass is 9.86. The van der Waals surface area contributed by atoms with Crippen LogP contribution in [0.5, 0.6) is 0 Å². The van der Waals surface area contributed by atoms with Crippen molar-refractivity contribution in [2.75, 3.05) is 11.9 Å². The van der Waals surface area contributed by atoms with Crippen molar-refractivity contribution in [2.45, 2.75) is 31.7 Å². The number of anilines is 1. The minimum atomic E-state index is 0.408. The van der Waals surface area contributed by atoms with Crippen LogP contribution in [0.1, 0.15) is 25.7 Å². The van der Waals surface area contributed by atoms with Gasteiger partial charge in [0.15, 0.2) is 0 Å². The van der Waals surface area contributed by atoms with Gasteiger partial charge in [-0.2, -0.15) is 0 Å². The summed E-state index contributed by atoms with van der Waals surface area (Å²) in [5.74, 6) is 0.710. The van der Waals surface area contributed by atoms with Gasteiger partial charge in [-0.25, -0.2) is 0 Å². The summed E-state index contributed by atoms with van der Waals surface area (Å²) >= 11 is 12.0. The zero-order valence-electron chi connectivity index (χ0n) is 9.76. The van der Waals surface area contributed by atoms with Crippen molar-refractivity contribution >= 4 is 28.9 Å². The largest absolute Gasteiger partial charge is 0.384 e. The number of halogens is 2. The maximum absolute atomic E-state index is 6.10. The van der Waals surface area contributed by atoms with Crippen molar-refractivity contribution in [1.29, 1.82) is 0 Å². The molecule has 94 valence electrons. The fraction of sp³-hybridized carbons (Fsp3) is 0.538. The van der Waals surface area contributed by atoms with Crippen LogP contribution in [0.3, 0.4) is 0 Å². The van der Waals surface area contributed by atoms with Crippen molar-refractivity contribution in [3.8, 4) is 0 Å². The van der Waals surface area contributed by atoms with Gasteiger partial charge in [-0.05, 0) is 49.8 Å². The monoisotopic (exact) mass is 272 g/mol. The summed E-state index contributed by atoms with van der Waals surface area (Å²) in [5, 5.41) is 4.75. The Kier molecular flexibility index (Phi) is 4.55. The van der Waals surface area contributed by atoms with Crippen LogP contribution in [0, 0.1) is 5.92 Å². The molecule has 1 aromatic rings. The Morgan fingerprint density at radius 2 is 1.88 bits per heavy atom. The van der Waals surface area contributed by atoms with Gasteiger partial charge >= 0.3 is 0 Å². The van der Waals surface area contributed by atoms with E-state index >= 15 is 0 Å². The molecule has 0 heterocycles. The molecular weight excluding hydrogens is 255 g/mol. The van der Waals surface area contributed by atoms with E-state index in [1.165, 1.54) is 12.8 Å². The first-order valence-corrected chi connectivity index (χ1v) is 6.85. The second kappa shape index (κ2) is 5.94. The molecule has 0 aromatic heterocycles. The van der Waals surface area contributed by atoms with Gasteiger partial charge in [-0.3, -0.25) is 0 Å². The first-order chi connectivity index (χ1) is 8.15. The SMILES string of the molecule is N[C@H]1CC[C@H](CNc2ccc(Cl)cc2Cl)CC1. The molecule has 0 atom stereocenters. The Labute approximate surface area is 112 Å². The first kappa shape index (κ1) is 13.0. The Hall–Kier alpha value is -0.440. The minimum absolute atomic E-state index is 0.408. The number of nitrogens with one attached hydrogen (secondary N) is 1. The molecular formula is C13H18Cl2N2. The zero-order valence-corrected chi connectivity index (χ0v) is 11.3. The summed E-state index contributed by atoms with van der Waals surface area (Å²) < 4.78 is 0. The van der Waals surface area contributed by atoms with Gasteiger partial charge in [0.2, 0.25) is 0 Å². The number of benzene rings is 1. The van der Waals surface area contributed by atoms with Crippen LogP contribution >= 0.6 is 23.2 Å². The van der Waals surface area contributed by atoms with E-state index < -0.39 is 0 Å². The van der Waals surface area contributed by atoms with Gasteiger partial charge in [0, 0.05) is 17.6 Å². The van der Waals surface area contributed by atoms with Crippen LogP contribution in [0.25, 0.3) is 0 Å². The number of hydrogen-bond acceptors (Lipinski definition) is 2. The topological polar surface area (TPSA) is 38.0 Å². The van der Waals surface area contributed by atoms with Crippen LogP contribution in [-0.2, 0) is 0 Å². The van der Waals surface area contributed by atoms with E-state index in [2.05, 4.69) is 5.32 Å². The molecule has 2 rings (SSSR count). The summed E-state index contributed by atoms with van der Waals surface area (Å²) in [5.41, 5.74) is 6.85. The minimum Gasteiger partial charge on any atom is -0.384 e. The zero-order chi connectivity index (χ0) is 12.3. The van der Waals surface area contributed by atoms with Crippen molar-refractivity contribution in [3.63, 3.8) is 0 Å². The third-order valence-corrected chi connectivity index (χ3v) is 3.95. The third-order valence-electron chi connectivity index (χ3n) is 3.40. The molecule has 1 fully saturated rings. The molecule has 0 amide bonds. The summed E-state index contributed by atoms with van der Waals surface area (Å²) in [6.45, 7) is 0.966. The van der Waals surface area contributed by atoms with Gasteiger partial charge in [-0.1, -0.05) is 23.2 Å². The first-order valence-electron chi connectivity index (χ1n) is 6.09. The Morgan fingerprint density at radius 3 is 2.53 bits per heavy atom. The predicted molar refractivity (Wildman–Crippen MR) is 74.9 cm³/mol. The molecule has 0 spiro atoms. The molecule has 0 bridgehead atoms. The van der Waals surface area contributed by atoms with Gasteiger partial charge in [0.05, 0.1) is 10.7 Å². The summed E-state index contributed by atoms with van der Waals surface area (Å²) in [4.78, 5) is 0. The van der Waals surface area contributed by atoms with Crippen LogP contribution < -0.4 is 11.1 Å². The molecule has 1 aliphatic carbocycles. The van der Waals surface area contributed by atoms with E-state index in [4.69, 9.17) is 28.9 Å². The van der Waals surface area contributed by atoms with Gasteiger partial charge in [-0.15, -0.1) is 0 Å². The maximum Gasteiger partial charge on any atom is 0.0652 e. The van der Waals surface area contributed by atoms with E-state index in [0.717, 1.165) is 25.1 Å². The summed E-state index contributed by atoms with van der Waals surface area (Å²) in [6.07, 6.45) is 4.69. The van der Waals surface area contributed by atoms with E-state index in [-0.39, 0.29) is 0 Å². The molecule has 1 aliphatic rings. The average molecular weight is 273 g/mol. The highest BCUT2D eigenvalue weighted by atomic mass is 35.5. The van der Waals surface area contributed by atoms with Crippen LogP contribution in [-0.4, -0.2) is 12.6 Å². The van der Waals surface area contributed by atoms with Crippen LogP contribution in [0.4, 0.5) is 5.69 Å². The Bertz CT molecular complexity index is 374. The molecule has 1 aromatic carbocycles. The molecule has 0 unspecified atom stereocenters. The maximum atomic E-state index is 6.10. The van der Waals surface area contributed by atoms with E-state index in [1.54, 1.807) is 6.07 Å². The van der Waals surface area contributed by atoms with Crippen molar-refractivity contribution in [1.82, 2.24) is 0 Å². The lowest BCUT2D eigenvalue weighted by Gasteiger charge is -2.26. The molecule has 1 saturated carbocycles. The number of hydrogen-bond donors (Lipinski definition) is 2. The second-order valence-corrected chi connectivity index (χ2v) is 5.63. The standard InChI is InChI=1S/C13H18Cl2N2/c14-10-3-6-13(12(15)7-10)17-8-9-1-4-11(16)5-2-9/h3,6-7,9,11,17H,1-2,4-5,8,16H2/t9-,11-. The molecule has 0 radical (unpaired) electrons. The van der Waals surface area contributed by atoms with E-state index in [0.29, 0.717) is 22.0 Å². The highest BCUT2D eigenvalue weighted by Crippen LogP contribution is 2.27. The molecule has 2 nitrogen and oxygen atoms in total. The van der Waals surface area contributed by atoms with E-state index in [1.807, 2.05) is 12.1 Å². The quantitative estimate of drug-likeness (QED) is 0.875. The molecule has 4 heteroatoms. The highest BCUT2D eigenvalue weighted by molar-refractivity contribution is 6.36. The van der Waals surface area contributed by atoms with Crippen molar-refractivity contribution in [2.24, 2.45) is 11.7 Å². The van der Waals surface area contributed by atoms with Crippen LogP contribution in [0.2, 0.25) is 10.0 Å². The summed E-state index contributed by atoms with van der Waals surface area (Å²) in [7, 11) is 0. The number of rotatable bonds is 3. The third kappa shape index (κ3) is 3.77. The Morgan fingerprint density at radius 1 is 1.18 bits per heavy atom. The molecule has 0 saturated heterocycles. The number of nitrogens with two attached hydrogens (primary N) is 1.